The van der Waals surface area contributed by atoms with Gasteiger partial charge in [-0.15, -0.1) is 0 Å². The summed E-state index contributed by atoms with van der Waals surface area (Å²) in [4.78, 5) is 6.07. The van der Waals surface area contributed by atoms with Crippen LogP contribution in [-0.4, -0.2) is 22.9 Å². The van der Waals surface area contributed by atoms with Crippen LogP contribution in [0, 0.1) is 0 Å². The molecule has 0 radical (unpaired) electrons. The van der Waals surface area contributed by atoms with E-state index in [1.54, 1.807) is 13.8 Å². The van der Waals surface area contributed by atoms with Gasteiger partial charge in [-0.05, 0) is 5.92 Å². The summed E-state index contributed by atoms with van der Waals surface area (Å²) in [5, 5.41) is -0.391. The van der Waals surface area contributed by atoms with E-state index in [1.807, 2.05) is 0 Å². The molecule has 0 fully saturated rings. The van der Waals surface area contributed by atoms with Crippen molar-refractivity contribution in [2.45, 2.75) is 24.8 Å². The van der Waals surface area contributed by atoms with Crippen LogP contribution in [0.15, 0.2) is 11.4 Å². The van der Waals surface area contributed by atoms with Crippen LogP contribution in [-0.2, 0) is 10.1 Å². The first kappa shape index (κ1) is 9.21. The maximum absolute atomic E-state index is 10.6. The maximum atomic E-state index is 10.6. The molecule has 1 aromatic heterocycles. The molecule has 0 amide bonds. The summed E-state index contributed by atoms with van der Waals surface area (Å²) < 4.78 is 31.7. The summed E-state index contributed by atoms with van der Waals surface area (Å²) in [6.07, 6.45) is 1.21. The number of rotatable bonds is 2. The Hall–Kier alpha value is -0.880. The van der Waals surface area contributed by atoms with Gasteiger partial charge in [-0.25, -0.2) is 13.4 Å². The van der Waals surface area contributed by atoms with Crippen molar-refractivity contribution < 1.29 is 13.0 Å². The van der Waals surface area contributed by atoms with Crippen molar-refractivity contribution in [2.75, 3.05) is 0 Å². The van der Waals surface area contributed by atoms with Gasteiger partial charge in [-0.2, -0.15) is 0 Å². The lowest BCUT2D eigenvalue weighted by Crippen LogP contribution is -2.04. The van der Waals surface area contributed by atoms with Crippen LogP contribution >= 0.6 is 0 Å². The molecule has 0 aromatic carbocycles. The Morgan fingerprint density at radius 3 is 2.50 bits per heavy atom. The number of hydrogen-bond donors (Lipinski definition) is 1. The zero-order valence-corrected chi connectivity index (χ0v) is 7.55. The normalized spacial score (nSPS) is 12.3. The SMILES string of the molecule is CC(C)c1[nH]cnc1S(=O)(=O)[O-]. The van der Waals surface area contributed by atoms with Gasteiger partial charge >= 0.3 is 0 Å². The number of aromatic amines is 1. The van der Waals surface area contributed by atoms with Crippen LogP contribution in [0.25, 0.3) is 0 Å². The van der Waals surface area contributed by atoms with Crippen molar-refractivity contribution >= 4 is 10.1 Å². The van der Waals surface area contributed by atoms with E-state index in [0.29, 0.717) is 5.69 Å². The zero-order chi connectivity index (χ0) is 9.35. The highest BCUT2D eigenvalue weighted by Gasteiger charge is 2.14. The first-order valence-corrected chi connectivity index (χ1v) is 4.83. The molecule has 0 aliphatic carbocycles. The molecule has 0 aliphatic heterocycles. The van der Waals surface area contributed by atoms with Crippen LogP contribution < -0.4 is 0 Å². The zero-order valence-electron chi connectivity index (χ0n) is 6.73. The standard InChI is InChI=1S/C6H10N2O3S/c1-4(2)5-6(8-3-7-5)12(9,10)11/h3-4H,1-2H3,(H,7,8)(H,9,10,11)/p-1. The van der Waals surface area contributed by atoms with Crippen LogP contribution in [0.1, 0.15) is 25.5 Å². The fourth-order valence-electron chi connectivity index (χ4n) is 0.905. The molecule has 1 rings (SSSR count). The average Bonchev–Trinajstić information content (AvgIpc) is 2.30. The summed E-state index contributed by atoms with van der Waals surface area (Å²) in [6.45, 7) is 3.56. The Morgan fingerprint density at radius 2 is 2.17 bits per heavy atom. The fourth-order valence-corrected chi connectivity index (χ4v) is 1.65. The Morgan fingerprint density at radius 1 is 1.58 bits per heavy atom. The van der Waals surface area contributed by atoms with Crippen LogP contribution in [0.4, 0.5) is 0 Å². The largest absolute Gasteiger partial charge is 0.743 e. The van der Waals surface area contributed by atoms with E-state index in [9.17, 15) is 13.0 Å². The van der Waals surface area contributed by atoms with Crippen molar-refractivity contribution in [3.05, 3.63) is 12.0 Å². The van der Waals surface area contributed by atoms with E-state index in [0.717, 1.165) is 0 Å². The van der Waals surface area contributed by atoms with Gasteiger partial charge in [0.15, 0.2) is 5.03 Å². The van der Waals surface area contributed by atoms with Gasteiger partial charge in [0.2, 0.25) is 0 Å². The van der Waals surface area contributed by atoms with Gasteiger partial charge < -0.3 is 9.54 Å². The van der Waals surface area contributed by atoms with Gasteiger partial charge in [0.05, 0.1) is 12.0 Å². The van der Waals surface area contributed by atoms with Crippen LogP contribution in [0.2, 0.25) is 0 Å². The minimum atomic E-state index is -4.43. The number of H-pyrrole nitrogens is 1. The second kappa shape index (κ2) is 2.87. The van der Waals surface area contributed by atoms with Crippen molar-refractivity contribution in [2.24, 2.45) is 0 Å². The highest BCUT2D eigenvalue weighted by molar-refractivity contribution is 7.85. The van der Waals surface area contributed by atoms with E-state index in [1.165, 1.54) is 6.33 Å². The third-order valence-electron chi connectivity index (χ3n) is 1.45. The van der Waals surface area contributed by atoms with Crippen molar-refractivity contribution in [1.82, 2.24) is 9.97 Å². The van der Waals surface area contributed by atoms with Crippen molar-refractivity contribution in [3.8, 4) is 0 Å². The number of imidazole rings is 1. The second-order valence-corrected chi connectivity index (χ2v) is 4.03. The van der Waals surface area contributed by atoms with Crippen molar-refractivity contribution in [1.29, 1.82) is 0 Å². The molecule has 0 aliphatic rings. The van der Waals surface area contributed by atoms with E-state index in [2.05, 4.69) is 9.97 Å². The molecule has 0 saturated heterocycles. The third-order valence-corrected chi connectivity index (χ3v) is 2.25. The molecular weight excluding hydrogens is 180 g/mol. The minimum Gasteiger partial charge on any atom is -0.743 e. The quantitative estimate of drug-likeness (QED) is 0.684. The number of hydrogen-bond acceptors (Lipinski definition) is 4. The molecule has 0 bridgehead atoms. The summed E-state index contributed by atoms with van der Waals surface area (Å²) in [5.41, 5.74) is 0.366. The molecule has 0 unspecified atom stereocenters. The van der Waals surface area contributed by atoms with Crippen LogP contribution in [0.5, 0.6) is 0 Å². The number of nitrogens with zero attached hydrogens (tertiary/aromatic N) is 1. The molecule has 0 saturated carbocycles. The molecule has 0 spiro atoms. The Balaban J connectivity index is 3.26. The predicted octanol–water partition coefficient (Wildman–Crippen LogP) is 0.437. The highest BCUT2D eigenvalue weighted by Crippen LogP contribution is 2.18. The molecule has 6 heteroatoms. The van der Waals surface area contributed by atoms with E-state index in [-0.39, 0.29) is 5.92 Å². The van der Waals surface area contributed by atoms with Crippen LogP contribution in [0.3, 0.4) is 0 Å². The van der Waals surface area contributed by atoms with Gasteiger partial charge in [0.25, 0.3) is 0 Å². The lowest BCUT2D eigenvalue weighted by Gasteiger charge is -2.08. The molecule has 1 N–H and O–H groups in total. The first-order valence-electron chi connectivity index (χ1n) is 3.42. The summed E-state index contributed by atoms with van der Waals surface area (Å²) in [5.74, 6) is -0.0498. The summed E-state index contributed by atoms with van der Waals surface area (Å²) in [7, 11) is -4.43. The monoisotopic (exact) mass is 189 g/mol. The second-order valence-electron chi connectivity index (χ2n) is 2.73. The van der Waals surface area contributed by atoms with Crippen molar-refractivity contribution in [3.63, 3.8) is 0 Å². The van der Waals surface area contributed by atoms with E-state index >= 15 is 0 Å². The molecule has 1 heterocycles. The first-order chi connectivity index (χ1) is 5.43. The number of aromatic nitrogens is 2. The molecule has 68 valence electrons. The maximum Gasteiger partial charge on any atom is 0.163 e. The highest BCUT2D eigenvalue weighted by atomic mass is 32.2. The Bertz CT molecular complexity index is 366. The van der Waals surface area contributed by atoms with Gasteiger partial charge in [0.1, 0.15) is 10.1 Å². The molecule has 5 nitrogen and oxygen atoms in total. The molecule has 0 atom stereocenters. The van der Waals surface area contributed by atoms with E-state index < -0.39 is 15.1 Å². The summed E-state index contributed by atoms with van der Waals surface area (Å²) >= 11 is 0. The van der Waals surface area contributed by atoms with Gasteiger partial charge in [-0.3, -0.25) is 0 Å². The van der Waals surface area contributed by atoms with E-state index in [4.69, 9.17) is 0 Å². The smallest absolute Gasteiger partial charge is 0.163 e. The lowest BCUT2D eigenvalue weighted by molar-refractivity contribution is 0.458. The Kier molecular flexibility index (Phi) is 2.20. The molecule has 12 heavy (non-hydrogen) atoms. The minimum absolute atomic E-state index is 0.0498. The average molecular weight is 189 g/mol. The Labute approximate surface area is 70.6 Å². The fraction of sp³-hybridized carbons (Fsp3) is 0.500. The third kappa shape index (κ3) is 1.64. The molecule has 1 aromatic rings. The predicted molar refractivity (Wildman–Crippen MR) is 40.6 cm³/mol. The number of nitrogens with one attached hydrogen (secondary N) is 1. The van der Waals surface area contributed by atoms with Gasteiger partial charge in [-0.1, -0.05) is 13.8 Å². The summed E-state index contributed by atoms with van der Waals surface area (Å²) in [6, 6.07) is 0. The van der Waals surface area contributed by atoms with Gasteiger partial charge in [0, 0.05) is 0 Å². The lowest BCUT2D eigenvalue weighted by atomic mass is 10.2. The topological polar surface area (TPSA) is 85.9 Å². The molecular formula is C6H9N2O3S-.